The van der Waals surface area contributed by atoms with E-state index < -0.39 is 0 Å². The van der Waals surface area contributed by atoms with Gasteiger partial charge in [0, 0.05) is 42.9 Å². The van der Waals surface area contributed by atoms with Crippen molar-refractivity contribution >= 4 is 33.3 Å². The Morgan fingerprint density at radius 3 is 2.54 bits per heavy atom. The van der Waals surface area contributed by atoms with Gasteiger partial charge in [0.15, 0.2) is 0 Å². The molecule has 2 aromatic heterocycles. The van der Waals surface area contributed by atoms with Gasteiger partial charge in [-0.1, -0.05) is 20.8 Å². The number of anilines is 1. The Hall–Kier alpha value is -1.69. The zero-order valence-corrected chi connectivity index (χ0v) is 18.0. The minimum Gasteiger partial charge on any atom is -0.352 e. The lowest BCUT2D eigenvalue weighted by molar-refractivity contribution is -0.132. The zero-order chi connectivity index (χ0) is 19.4. The Balaban J connectivity index is 1.50. The van der Waals surface area contributed by atoms with Crippen LogP contribution in [0.1, 0.15) is 62.2 Å². The van der Waals surface area contributed by atoms with Gasteiger partial charge in [0.05, 0.1) is 5.39 Å². The molecule has 3 heterocycles. The average molecular weight is 399 g/mol. The van der Waals surface area contributed by atoms with Crippen LogP contribution in [0.2, 0.25) is 0 Å². The maximum Gasteiger partial charge on any atom is 0.225 e. The number of hydrogen-bond acceptors (Lipinski definition) is 5. The molecule has 2 aromatic rings. The van der Waals surface area contributed by atoms with Crippen molar-refractivity contribution < 1.29 is 4.79 Å². The molecule has 150 valence electrons. The molecule has 1 aliphatic heterocycles. The van der Waals surface area contributed by atoms with E-state index in [-0.39, 0.29) is 0 Å². The van der Waals surface area contributed by atoms with Gasteiger partial charge in [-0.15, -0.1) is 11.3 Å². The minimum atomic E-state index is 0.315. The lowest BCUT2D eigenvalue weighted by atomic mass is 9.89. The number of aromatic nitrogens is 2. The summed E-state index contributed by atoms with van der Waals surface area (Å²) in [4.78, 5) is 29.6. The van der Waals surface area contributed by atoms with Crippen molar-refractivity contribution in [1.29, 1.82) is 0 Å². The summed E-state index contributed by atoms with van der Waals surface area (Å²) < 4.78 is 0. The largest absolute Gasteiger partial charge is 0.352 e. The molecule has 5 nitrogen and oxygen atoms in total. The monoisotopic (exact) mass is 398 g/mol. The smallest absolute Gasteiger partial charge is 0.225 e. The average Bonchev–Trinajstić information content (AvgIpc) is 3.47. The number of carbonyl (C=O) groups is 1. The van der Waals surface area contributed by atoms with E-state index in [0.29, 0.717) is 17.7 Å². The lowest BCUT2D eigenvalue weighted by Crippen LogP contribution is -2.49. The molecule has 1 amide bonds. The molecule has 0 radical (unpaired) electrons. The van der Waals surface area contributed by atoms with Gasteiger partial charge in [0.2, 0.25) is 5.91 Å². The first-order valence-electron chi connectivity index (χ1n) is 10.9. The first-order valence-corrected chi connectivity index (χ1v) is 11.7. The van der Waals surface area contributed by atoms with Crippen LogP contribution in [0.5, 0.6) is 0 Å². The molecule has 0 unspecified atom stereocenters. The van der Waals surface area contributed by atoms with E-state index in [1.54, 1.807) is 0 Å². The van der Waals surface area contributed by atoms with E-state index in [0.717, 1.165) is 63.0 Å². The van der Waals surface area contributed by atoms with Crippen molar-refractivity contribution in [2.45, 2.75) is 58.8 Å². The van der Waals surface area contributed by atoms with Gasteiger partial charge in [0.25, 0.3) is 0 Å². The molecular formula is C22H30N4OS. The SMILES string of the molecule is CC(C)c1nc(N2CCN(C(=O)C3CC3)CC2)c2c3c(sc2n1)C[C@@H](C)CC3. The zero-order valence-electron chi connectivity index (χ0n) is 17.2. The Bertz CT molecular complexity index is 909. The fraction of sp³-hybridized carbons (Fsp3) is 0.682. The van der Waals surface area contributed by atoms with Gasteiger partial charge >= 0.3 is 0 Å². The molecule has 0 bridgehead atoms. The van der Waals surface area contributed by atoms with Gasteiger partial charge < -0.3 is 9.80 Å². The lowest BCUT2D eigenvalue weighted by Gasteiger charge is -2.36. The maximum absolute atomic E-state index is 12.4. The van der Waals surface area contributed by atoms with Crippen molar-refractivity contribution in [1.82, 2.24) is 14.9 Å². The summed E-state index contributed by atoms with van der Waals surface area (Å²) in [5.41, 5.74) is 1.50. The molecule has 1 saturated carbocycles. The Kier molecular flexibility index (Phi) is 4.57. The molecule has 0 spiro atoms. The van der Waals surface area contributed by atoms with Crippen molar-refractivity contribution in [3.63, 3.8) is 0 Å². The van der Waals surface area contributed by atoms with Crippen LogP contribution in [0.15, 0.2) is 0 Å². The number of hydrogen-bond donors (Lipinski definition) is 0. The second kappa shape index (κ2) is 6.97. The summed E-state index contributed by atoms with van der Waals surface area (Å²) in [6, 6.07) is 0. The van der Waals surface area contributed by atoms with E-state index in [1.165, 1.54) is 33.5 Å². The third-order valence-electron chi connectivity index (χ3n) is 6.49. The Morgan fingerprint density at radius 1 is 1.11 bits per heavy atom. The van der Waals surface area contributed by atoms with E-state index in [2.05, 4.69) is 30.6 Å². The topological polar surface area (TPSA) is 49.3 Å². The van der Waals surface area contributed by atoms with E-state index in [9.17, 15) is 4.79 Å². The second-order valence-corrected chi connectivity index (χ2v) is 10.3. The molecule has 6 heteroatoms. The van der Waals surface area contributed by atoms with Crippen LogP contribution in [0.25, 0.3) is 10.2 Å². The van der Waals surface area contributed by atoms with E-state index in [4.69, 9.17) is 9.97 Å². The Morgan fingerprint density at radius 2 is 1.86 bits per heavy atom. The molecule has 0 aromatic carbocycles. The molecule has 28 heavy (non-hydrogen) atoms. The van der Waals surface area contributed by atoms with E-state index in [1.807, 2.05) is 11.3 Å². The van der Waals surface area contributed by atoms with Crippen molar-refractivity contribution in [3.8, 4) is 0 Å². The van der Waals surface area contributed by atoms with Crippen LogP contribution < -0.4 is 4.90 Å². The predicted octanol–water partition coefficient (Wildman–Crippen LogP) is 4.00. The highest BCUT2D eigenvalue weighted by Crippen LogP contribution is 2.42. The molecule has 0 N–H and O–H groups in total. The standard InChI is InChI=1S/C22H30N4OS/c1-13(2)19-23-20(25-8-10-26(11-9-25)22(27)15-5-6-15)18-16-7-4-14(3)12-17(16)28-21(18)24-19/h13-15H,4-12H2,1-3H3/t14-/m0/s1. The number of fused-ring (bicyclic) bond motifs is 3. The summed E-state index contributed by atoms with van der Waals surface area (Å²) in [7, 11) is 0. The van der Waals surface area contributed by atoms with Crippen LogP contribution in [0, 0.1) is 11.8 Å². The van der Waals surface area contributed by atoms with Crippen LogP contribution in [0.3, 0.4) is 0 Å². The maximum atomic E-state index is 12.4. The van der Waals surface area contributed by atoms with Gasteiger partial charge in [-0.2, -0.15) is 0 Å². The first-order chi connectivity index (χ1) is 13.5. The quantitative estimate of drug-likeness (QED) is 0.784. The third kappa shape index (κ3) is 3.19. The number of piperazine rings is 1. The molecule has 1 atom stereocenters. The summed E-state index contributed by atoms with van der Waals surface area (Å²) in [6.45, 7) is 10.1. The Labute approximate surface area is 171 Å². The fourth-order valence-electron chi connectivity index (χ4n) is 4.55. The molecular weight excluding hydrogens is 368 g/mol. The minimum absolute atomic E-state index is 0.315. The van der Waals surface area contributed by atoms with Gasteiger partial charge in [0.1, 0.15) is 16.5 Å². The number of nitrogens with zero attached hydrogens (tertiary/aromatic N) is 4. The molecule has 2 aliphatic carbocycles. The molecule has 5 rings (SSSR count). The van der Waals surface area contributed by atoms with Crippen LogP contribution in [0.4, 0.5) is 5.82 Å². The first kappa shape index (κ1) is 18.3. The third-order valence-corrected chi connectivity index (χ3v) is 7.64. The normalized spacial score (nSPS) is 22.8. The number of rotatable bonds is 3. The number of amides is 1. The molecule has 2 fully saturated rings. The van der Waals surface area contributed by atoms with Gasteiger partial charge in [-0.05, 0) is 43.6 Å². The number of thiophene rings is 1. The van der Waals surface area contributed by atoms with Crippen LogP contribution in [-0.4, -0.2) is 47.0 Å². The van der Waals surface area contributed by atoms with Gasteiger partial charge in [-0.3, -0.25) is 4.79 Å². The van der Waals surface area contributed by atoms with Crippen LogP contribution in [-0.2, 0) is 17.6 Å². The number of aryl methyl sites for hydroxylation is 1. The van der Waals surface area contributed by atoms with E-state index >= 15 is 0 Å². The summed E-state index contributed by atoms with van der Waals surface area (Å²) >= 11 is 1.89. The highest BCUT2D eigenvalue weighted by molar-refractivity contribution is 7.19. The highest BCUT2D eigenvalue weighted by atomic mass is 32.1. The second-order valence-electron chi connectivity index (χ2n) is 9.18. The molecule has 1 saturated heterocycles. The predicted molar refractivity (Wildman–Crippen MR) is 114 cm³/mol. The summed E-state index contributed by atoms with van der Waals surface area (Å²) in [5.74, 6) is 3.84. The van der Waals surface area contributed by atoms with Crippen molar-refractivity contribution in [2.75, 3.05) is 31.1 Å². The highest BCUT2D eigenvalue weighted by Gasteiger charge is 2.35. The fourth-order valence-corrected chi connectivity index (χ4v) is 5.94. The van der Waals surface area contributed by atoms with Crippen LogP contribution >= 0.6 is 11.3 Å². The van der Waals surface area contributed by atoms with Crippen molar-refractivity contribution in [3.05, 3.63) is 16.3 Å². The molecule has 3 aliphatic rings. The van der Waals surface area contributed by atoms with Gasteiger partial charge in [-0.25, -0.2) is 9.97 Å². The summed E-state index contributed by atoms with van der Waals surface area (Å²) in [5, 5.41) is 1.30. The number of carbonyl (C=O) groups excluding carboxylic acids is 1. The summed E-state index contributed by atoms with van der Waals surface area (Å²) in [6.07, 6.45) is 5.75. The van der Waals surface area contributed by atoms with Crippen molar-refractivity contribution in [2.24, 2.45) is 11.8 Å².